The van der Waals surface area contributed by atoms with Crippen molar-refractivity contribution in [1.82, 2.24) is 20.4 Å². The molecule has 0 aromatic heterocycles. The van der Waals surface area contributed by atoms with Crippen molar-refractivity contribution in [1.29, 1.82) is 0 Å². The Balaban J connectivity index is 1.18. The largest absolute Gasteiger partial charge is 0.338 e. The molecule has 5 heteroatoms. The first-order chi connectivity index (χ1) is 11.2. The first-order valence-electron chi connectivity index (χ1n) is 9.69. The molecule has 1 saturated carbocycles. The zero-order valence-corrected chi connectivity index (χ0v) is 14.5. The Morgan fingerprint density at radius 3 is 2.48 bits per heavy atom. The maximum atomic E-state index is 12.2. The molecular formula is C18H32N4O. The molecule has 1 aliphatic carbocycles. The molecule has 23 heavy (non-hydrogen) atoms. The van der Waals surface area contributed by atoms with E-state index in [4.69, 9.17) is 0 Å². The summed E-state index contributed by atoms with van der Waals surface area (Å²) >= 11 is 0. The van der Waals surface area contributed by atoms with Crippen LogP contribution in [0.5, 0.6) is 0 Å². The number of nitrogens with one attached hydrogen (secondary N) is 2. The van der Waals surface area contributed by atoms with Gasteiger partial charge in [-0.1, -0.05) is 6.42 Å². The molecule has 3 saturated heterocycles. The number of amides is 2. The standard InChI is InChI=1S/C18H32N4O/c1-21-16-3-2-4-17(21)10-14(9-16)20-18(23)19-11-13-7-8-22(12-13)15-5-6-15/h13-17H,2-12H2,1H3,(H2,19,20,23)/t13-,16-,17-/m0/s1. The highest BCUT2D eigenvalue weighted by atomic mass is 16.2. The summed E-state index contributed by atoms with van der Waals surface area (Å²) in [6.45, 7) is 3.26. The van der Waals surface area contributed by atoms with Gasteiger partial charge < -0.3 is 20.4 Å². The van der Waals surface area contributed by atoms with Crippen LogP contribution in [-0.2, 0) is 0 Å². The normalized spacial score (nSPS) is 38.5. The average molecular weight is 320 g/mol. The minimum atomic E-state index is 0.0579. The van der Waals surface area contributed by atoms with E-state index in [2.05, 4.69) is 27.5 Å². The van der Waals surface area contributed by atoms with Crippen molar-refractivity contribution in [2.75, 3.05) is 26.7 Å². The van der Waals surface area contributed by atoms with E-state index < -0.39 is 0 Å². The quantitative estimate of drug-likeness (QED) is 0.830. The lowest BCUT2D eigenvalue weighted by Crippen LogP contribution is -2.56. The molecule has 3 aliphatic heterocycles. The van der Waals surface area contributed by atoms with Crippen LogP contribution in [0, 0.1) is 5.92 Å². The highest BCUT2D eigenvalue weighted by molar-refractivity contribution is 5.74. The molecule has 0 aromatic rings. The van der Waals surface area contributed by atoms with Crippen molar-refractivity contribution in [2.24, 2.45) is 5.92 Å². The maximum absolute atomic E-state index is 12.2. The van der Waals surface area contributed by atoms with Gasteiger partial charge in [0.05, 0.1) is 0 Å². The van der Waals surface area contributed by atoms with Gasteiger partial charge in [-0.2, -0.15) is 0 Å². The van der Waals surface area contributed by atoms with Crippen molar-refractivity contribution >= 4 is 6.03 Å². The van der Waals surface area contributed by atoms with E-state index in [1.807, 2.05) is 0 Å². The molecule has 2 N–H and O–H groups in total. The summed E-state index contributed by atoms with van der Waals surface area (Å²) in [5, 5.41) is 6.39. The highest BCUT2D eigenvalue weighted by Gasteiger charge is 2.37. The molecule has 0 aromatic carbocycles. The van der Waals surface area contributed by atoms with Crippen molar-refractivity contribution in [2.45, 2.75) is 75.5 Å². The van der Waals surface area contributed by atoms with Crippen molar-refractivity contribution in [3.8, 4) is 0 Å². The van der Waals surface area contributed by atoms with Crippen LogP contribution >= 0.6 is 0 Å². The Morgan fingerprint density at radius 2 is 1.78 bits per heavy atom. The topological polar surface area (TPSA) is 47.6 Å². The minimum absolute atomic E-state index is 0.0579. The molecule has 3 atom stereocenters. The van der Waals surface area contributed by atoms with Crippen LogP contribution in [0.1, 0.15) is 51.4 Å². The number of likely N-dealkylation sites (tertiary alicyclic amines) is 1. The summed E-state index contributed by atoms with van der Waals surface area (Å²) in [5.74, 6) is 0.651. The van der Waals surface area contributed by atoms with Gasteiger partial charge in [0.1, 0.15) is 0 Å². The smallest absolute Gasteiger partial charge is 0.315 e. The fourth-order valence-electron chi connectivity index (χ4n) is 5.01. The van der Waals surface area contributed by atoms with Crippen LogP contribution in [0.15, 0.2) is 0 Å². The molecule has 0 spiro atoms. The molecule has 3 heterocycles. The van der Waals surface area contributed by atoms with Gasteiger partial charge in [-0.25, -0.2) is 4.79 Å². The van der Waals surface area contributed by atoms with E-state index in [-0.39, 0.29) is 6.03 Å². The second-order valence-electron chi connectivity index (χ2n) is 8.31. The minimum Gasteiger partial charge on any atom is -0.338 e. The first kappa shape index (κ1) is 15.7. The molecule has 2 bridgehead atoms. The predicted molar refractivity (Wildman–Crippen MR) is 91.4 cm³/mol. The fourth-order valence-corrected chi connectivity index (χ4v) is 5.01. The lowest BCUT2D eigenvalue weighted by molar-refractivity contribution is 0.0509. The number of nitrogens with zero attached hydrogens (tertiary/aromatic N) is 2. The van der Waals surface area contributed by atoms with E-state index in [1.54, 1.807) is 0 Å². The number of fused-ring (bicyclic) bond motifs is 2. The van der Waals surface area contributed by atoms with Gasteiger partial charge in [0.2, 0.25) is 0 Å². The number of rotatable bonds is 4. The third-order valence-electron chi connectivity index (χ3n) is 6.61. The zero-order chi connectivity index (χ0) is 15.8. The van der Waals surface area contributed by atoms with Crippen LogP contribution in [0.3, 0.4) is 0 Å². The monoisotopic (exact) mass is 320 g/mol. The maximum Gasteiger partial charge on any atom is 0.315 e. The molecule has 4 fully saturated rings. The molecule has 0 radical (unpaired) electrons. The molecule has 2 amide bonds. The van der Waals surface area contributed by atoms with Crippen LogP contribution in [-0.4, -0.2) is 66.7 Å². The molecule has 4 aliphatic rings. The predicted octanol–water partition coefficient (Wildman–Crippen LogP) is 1.79. The van der Waals surface area contributed by atoms with Gasteiger partial charge >= 0.3 is 6.03 Å². The Kier molecular flexibility index (Phi) is 4.50. The van der Waals surface area contributed by atoms with E-state index in [0.29, 0.717) is 24.0 Å². The number of carbonyl (C=O) groups excluding carboxylic acids is 1. The summed E-state index contributed by atoms with van der Waals surface area (Å²) in [6.07, 6.45) is 10.2. The lowest BCUT2D eigenvalue weighted by Gasteiger charge is -2.47. The van der Waals surface area contributed by atoms with Gasteiger partial charge in [-0.3, -0.25) is 0 Å². The van der Waals surface area contributed by atoms with Crippen LogP contribution < -0.4 is 10.6 Å². The number of hydrogen-bond acceptors (Lipinski definition) is 3. The van der Waals surface area contributed by atoms with E-state index >= 15 is 0 Å². The lowest BCUT2D eigenvalue weighted by atomic mass is 9.82. The molecule has 5 nitrogen and oxygen atoms in total. The van der Waals surface area contributed by atoms with E-state index in [9.17, 15) is 4.79 Å². The number of hydrogen-bond donors (Lipinski definition) is 2. The number of urea groups is 1. The van der Waals surface area contributed by atoms with Crippen LogP contribution in [0.25, 0.3) is 0 Å². The molecule has 4 rings (SSSR count). The Labute approximate surface area is 140 Å². The molecule has 130 valence electrons. The summed E-state index contributed by atoms with van der Waals surface area (Å²) in [6, 6.07) is 2.65. The van der Waals surface area contributed by atoms with Crippen molar-refractivity contribution in [3.63, 3.8) is 0 Å². The third-order valence-corrected chi connectivity index (χ3v) is 6.61. The summed E-state index contributed by atoms with van der Waals surface area (Å²) < 4.78 is 0. The van der Waals surface area contributed by atoms with Gasteiger partial charge in [-0.05, 0) is 64.5 Å². The summed E-state index contributed by atoms with van der Waals surface area (Å²) in [5.41, 5.74) is 0. The third kappa shape index (κ3) is 3.66. The zero-order valence-electron chi connectivity index (χ0n) is 14.5. The first-order valence-corrected chi connectivity index (χ1v) is 9.69. The van der Waals surface area contributed by atoms with Gasteiger partial charge in [0, 0.05) is 37.3 Å². The number of piperidine rings is 2. The van der Waals surface area contributed by atoms with Crippen LogP contribution in [0.2, 0.25) is 0 Å². The Morgan fingerprint density at radius 1 is 1.04 bits per heavy atom. The second kappa shape index (κ2) is 6.60. The fraction of sp³-hybridized carbons (Fsp3) is 0.944. The van der Waals surface area contributed by atoms with E-state index in [0.717, 1.165) is 25.4 Å². The highest BCUT2D eigenvalue weighted by Crippen LogP contribution is 2.33. The van der Waals surface area contributed by atoms with Gasteiger partial charge in [-0.15, -0.1) is 0 Å². The van der Waals surface area contributed by atoms with E-state index in [1.165, 1.54) is 51.6 Å². The van der Waals surface area contributed by atoms with Crippen molar-refractivity contribution < 1.29 is 4.79 Å². The Bertz CT molecular complexity index is 425. The van der Waals surface area contributed by atoms with Gasteiger partial charge in [0.25, 0.3) is 0 Å². The average Bonchev–Trinajstić information content (AvgIpc) is 3.25. The SMILES string of the molecule is CN1[C@H]2CCC[C@H]1CC(NC(=O)NC[C@@H]1CCN(C3CC3)C1)C2. The molecule has 0 unspecified atom stereocenters. The molecular weight excluding hydrogens is 288 g/mol. The summed E-state index contributed by atoms with van der Waals surface area (Å²) in [7, 11) is 2.26. The number of carbonyl (C=O) groups is 1. The summed E-state index contributed by atoms with van der Waals surface area (Å²) in [4.78, 5) is 17.4. The second-order valence-corrected chi connectivity index (χ2v) is 8.31. The van der Waals surface area contributed by atoms with Gasteiger partial charge in [0.15, 0.2) is 0 Å². The van der Waals surface area contributed by atoms with Crippen molar-refractivity contribution in [3.05, 3.63) is 0 Å². The Hall–Kier alpha value is -0.810. The van der Waals surface area contributed by atoms with Crippen LogP contribution in [0.4, 0.5) is 4.79 Å².